The number of carbonyl (C=O) groups excluding carboxylic acids is 1. The summed E-state index contributed by atoms with van der Waals surface area (Å²) in [6.45, 7) is 0.583. The summed E-state index contributed by atoms with van der Waals surface area (Å²) in [5.41, 5.74) is 7.20. The second kappa shape index (κ2) is 6.25. The van der Waals surface area contributed by atoms with Crippen molar-refractivity contribution in [1.29, 1.82) is 0 Å². The van der Waals surface area contributed by atoms with E-state index in [1.54, 1.807) is 19.4 Å². The molecule has 0 fully saturated rings. The second-order valence-corrected chi connectivity index (χ2v) is 5.00. The molecule has 7 heteroatoms. The zero-order valence-corrected chi connectivity index (χ0v) is 12.0. The van der Waals surface area contributed by atoms with Gasteiger partial charge in [0.15, 0.2) is 0 Å². The molecule has 0 aliphatic carbocycles. The number of thiophene rings is 1. The van der Waals surface area contributed by atoms with E-state index in [1.807, 2.05) is 12.1 Å². The summed E-state index contributed by atoms with van der Waals surface area (Å²) in [7, 11) is 2.90. The lowest BCUT2D eigenvalue weighted by Crippen LogP contribution is -2.01. The minimum absolute atomic E-state index is 0.405. The molecule has 2 aromatic rings. The Hall–Kier alpha value is -2.28. The molecule has 6 nitrogen and oxygen atoms in total. The van der Waals surface area contributed by atoms with E-state index in [2.05, 4.69) is 15.0 Å². The lowest BCUT2D eigenvalue weighted by Gasteiger charge is -2.05. The van der Waals surface area contributed by atoms with E-state index in [4.69, 9.17) is 10.5 Å². The normalized spacial score (nSPS) is 10.1. The van der Waals surface area contributed by atoms with Crippen LogP contribution in [0.25, 0.3) is 0 Å². The van der Waals surface area contributed by atoms with Crippen LogP contribution in [0.15, 0.2) is 24.4 Å². The number of nitrogens with two attached hydrogens (primary N) is 1. The summed E-state index contributed by atoms with van der Waals surface area (Å²) in [6.07, 6.45) is 1.68. The van der Waals surface area contributed by atoms with E-state index >= 15 is 0 Å². The van der Waals surface area contributed by atoms with E-state index in [0.717, 1.165) is 10.6 Å². The van der Waals surface area contributed by atoms with Crippen molar-refractivity contribution in [3.63, 3.8) is 0 Å². The summed E-state index contributed by atoms with van der Waals surface area (Å²) in [5.74, 6) is 0.136. The molecule has 106 valence electrons. The summed E-state index contributed by atoms with van der Waals surface area (Å²) < 4.78 is 9.72. The fourth-order valence-corrected chi connectivity index (χ4v) is 2.50. The number of anilines is 2. The van der Waals surface area contributed by atoms with Gasteiger partial charge in [0.2, 0.25) is 5.88 Å². The molecule has 0 aliphatic rings. The molecule has 0 bridgehead atoms. The zero-order chi connectivity index (χ0) is 14.5. The fourth-order valence-electron chi connectivity index (χ4n) is 1.61. The van der Waals surface area contributed by atoms with Crippen molar-refractivity contribution in [1.82, 2.24) is 4.98 Å². The molecule has 2 aromatic heterocycles. The number of nitrogens with one attached hydrogen (secondary N) is 1. The van der Waals surface area contributed by atoms with Gasteiger partial charge in [-0.1, -0.05) is 0 Å². The molecule has 0 aromatic carbocycles. The molecule has 0 unspecified atom stereocenters. The Balaban J connectivity index is 2.05. The topological polar surface area (TPSA) is 86.5 Å². The first-order chi connectivity index (χ1) is 9.63. The molecule has 0 radical (unpaired) electrons. The number of hydrogen-bond donors (Lipinski definition) is 2. The maximum Gasteiger partial charge on any atom is 0.350 e. The van der Waals surface area contributed by atoms with Crippen molar-refractivity contribution in [2.45, 2.75) is 6.54 Å². The molecule has 0 saturated heterocycles. The van der Waals surface area contributed by atoms with Crippen LogP contribution >= 0.6 is 11.3 Å². The summed E-state index contributed by atoms with van der Waals surface area (Å²) >= 11 is 1.26. The molecule has 0 spiro atoms. The van der Waals surface area contributed by atoms with Crippen molar-refractivity contribution < 1.29 is 14.3 Å². The van der Waals surface area contributed by atoms with Crippen LogP contribution in [0.3, 0.4) is 0 Å². The molecule has 2 heterocycles. The number of nitrogens with zero attached hydrogens (tertiary/aromatic N) is 1. The maximum atomic E-state index is 11.5. The van der Waals surface area contributed by atoms with Gasteiger partial charge in [-0.05, 0) is 17.7 Å². The SMILES string of the molecule is COC(=O)c1sc(NCc2ccnc(OC)c2)cc1N. The first-order valence-electron chi connectivity index (χ1n) is 5.84. The van der Waals surface area contributed by atoms with E-state index in [9.17, 15) is 4.79 Å². The van der Waals surface area contributed by atoms with Crippen LogP contribution < -0.4 is 15.8 Å². The van der Waals surface area contributed by atoms with Gasteiger partial charge in [0, 0.05) is 18.8 Å². The van der Waals surface area contributed by atoms with Crippen LogP contribution in [-0.4, -0.2) is 25.2 Å². The number of aromatic nitrogens is 1. The highest BCUT2D eigenvalue weighted by molar-refractivity contribution is 7.18. The average molecular weight is 293 g/mol. The van der Waals surface area contributed by atoms with Crippen LogP contribution in [0.2, 0.25) is 0 Å². The molecule has 0 aliphatic heterocycles. The molecule has 0 saturated carbocycles. The molecule has 0 amide bonds. The van der Waals surface area contributed by atoms with Gasteiger partial charge in [0.1, 0.15) is 4.88 Å². The van der Waals surface area contributed by atoms with Gasteiger partial charge < -0.3 is 20.5 Å². The standard InChI is InChI=1S/C13H15N3O3S/c1-18-10-5-8(3-4-15-10)7-16-11-6-9(14)12(20-11)13(17)19-2/h3-6,16H,7,14H2,1-2H3. The quantitative estimate of drug-likeness (QED) is 0.821. The van der Waals surface area contributed by atoms with E-state index in [0.29, 0.717) is 23.0 Å². The Morgan fingerprint density at radius 3 is 2.95 bits per heavy atom. The minimum atomic E-state index is -0.425. The highest BCUT2D eigenvalue weighted by Crippen LogP contribution is 2.30. The van der Waals surface area contributed by atoms with E-state index < -0.39 is 5.97 Å². The molecular weight excluding hydrogens is 278 g/mol. The first-order valence-corrected chi connectivity index (χ1v) is 6.66. The van der Waals surface area contributed by atoms with Gasteiger partial charge in [0.25, 0.3) is 0 Å². The third kappa shape index (κ3) is 3.18. The second-order valence-electron chi connectivity index (χ2n) is 3.95. The molecule has 3 N–H and O–H groups in total. The molecule has 2 rings (SSSR count). The summed E-state index contributed by atoms with van der Waals surface area (Å²) in [5, 5.41) is 4.00. The van der Waals surface area contributed by atoms with Gasteiger partial charge in [-0.15, -0.1) is 11.3 Å². The smallest absolute Gasteiger partial charge is 0.350 e. The maximum absolute atomic E-state index is 11.5. The number of rotatable bonds is 5. The number of ether oxygens (including phenoxy) is 2. The van der Waals surface area contributed by atoms with Crippen molar-refractivity contribution in [2.24, 2.45) is 0 Å². The zero-order valence-electron chi connectivity index (χ0n) is 11.2. The van der Waals surface area contributed by atoms with Crippen LogP contribution in [0, 0.1) is 0 Å². The summed E-state index contributed by atoms with van der Waals surface area (Å²) in [4.78, 5) is 15.9. The predicted molar refractivity (Wildman–Crippen MR) is 78.2 cm³/mol. The average Bonchev–Trinajstić information content (AvgIpc) is 2.85. The third-order valence-electron chi connectivity index (χ3n) is 2.61. The number of methoxy groups -OCH3 is 2. The monoisotopic (exact) mass is 293 g/mol. The number of carbonyl (C=O) groups is 1. The van der Waals surface area contributed by atoms with Gasteiger partial charge in [-0.2, -0.15) is 0 Å². The lowest BCUT2D eigenvalue weighted by atomic mass is 10.2. The Morgan fingerprint density at radius 1 is 1.45 bits per heavy atom. The predicted octanol–water partition coefficient (Wildman–Crippen LogP) is 2.13. The van der Waals surface area contributed by atoms with Crippen molar-refractivity contribution >= 4 is 28.0 Å². The fraction of sp³-hybridized carbons (Fsp3) is 0.231. The highest BCUT2D eigenvalue weighted by atomic mass is 32.1. The Morgan fingerprint density at radius 2 is 2.25 bits per heavy atom. The van der Waals surface area contributed by atoms with E-state index in [1.165, 1.54) is 18.4 Å². The van der Waals surface area contributed by atoms with Crippen molar-refractivity contribution in [2.75, 3.05) is 25.3 Å². The first kappa shape index (κ1) is 14.1. The number of pyridine rings is 1. The van der Waals surface area contributed by atoms with Gasteiger partial charge in [-0.25, -0.2) is 9.78 Å². The molecule has 20 heavy (non-hydrogen) atoms. The van der Waals surface area contributed by atoms with Crippen LogP contribution in [0.1, 0.15) is 15.2 Å². The lowest BCUT2D eigenvalue weighted by molar-refractivity contribution is 0.0607. The van der Waals surface area contributed by atoms with Crippen molar-refractivity contribution in [3.05, 3.63) is 34.8 Å². The number of nitrogen functional groups attached to an aromatic ring is 1. The Bertz CT molecular complexity index is 613. The molecular formula is C13H15N3O3S. The minimum Gasteiger partial charge on any atom is -0.481 e. The third-order valence-corrected chi connectivity index (χ3v) is 3.70. The van der Waals surface area contributed by atoms with Crippen molar-refractivity contribution in [3.8, 4) is 5.88 Å². The van der Waals surface area contributed by atoms with Crippen LogP contribution in [0.5, 0.6) is 5.88 Å². The number of hydrogen-bond acceptors (Lipinski definition) is 7. The Labute approximate surface area is 120 Å². The van der Waals surface area contributed by atoms with Gasteiger partial charge in [-0.3, -0.25) is 0 Å². The van der Waals surface area contributed by atoms with Crippen LogP contribution in [0.4, 0.5) is 10.7 Å². The number of esters is 1. The van der Waals surface area contributed by atoms with Gasteiger partial charge >= 0.3 is 5.97 Å². The largest absolute Gasteiger partial charge is 0.481 e. The van der Waals surface area contributed by atoms with E-state index in [-0.39, 0.29) is 0 Å². The summed E-state index contributed by atoms with van der Waals surface area (Å²) in [6, 6.07) is 5.44. The van der Waals surface area contributed by atoms with Gasteiger partial charge in [0.05, 0.1) is 24.9 Å². The Kier molecular flexibility index (Phi) is 4.41. The van der Waals surface area contributed by atoms with Crippen LogP contribution in [-0.2, 0) is 11.3 Å². The molecule has 0 atom stereocenters. The highest BCUT2D eigenvalue weighted by Gasteiger charge is 2.14.